The molecule has 0 bridgehead atoms. The van der Waals surface area contributed by atoms with Gasteiger partial charge in [0.25, 0.3) is 0 Å². The number of aromatic nitrogens is 1. The predicted molar refractivity (Wildman–Crippen MR) is 62.1 cm³/mol. The van der Waals surface area contributed by atoms with E-state index in [1.165, 1.54) is 0 Å². The largest absolute Gasteiger partial charge is 0.497 e. The van der Waals surface area contributed by atoms with Crippen LogP contribution in [0.4, 0.5) is 5.69 Å². The van der Waals surface area contributed by atoms with Crippen LogP contribution in [0.3, 0.4) is 0 Å². The number of nitrogens with zero attached hydrogens (tertiary/aromatic N) is 1. The molecule has 1 aromatic heterocycles. The fourth-order valence-electron chi connectivity index (χ4n) is 1.60. The zero-order chi connectivity index (χ0) is 10.8. The molecule has 2 rings (SSSR count). The summed E-state index contributed by atoms with van der Waals surface area (Å²) in [5.74, 6) is 0.806. The second-order valence-electron chi connectivity index (χ2n) is 3.44. The summed E-state index contributed by atoms with van der Waals surface area (Å²) in [6.45, 7) is 2.07. The summed E-state index contributed by atoms with van der Waals surface area (Å²) in [7, 11) is 1.64. The van der Waals surface area contributed by atoms with Crippen LogP contribution in [-0.2, 0) is 6.42 Å². The number of nitrogen functional groups attached to an aromatic ring is 1. The lowest BCUT2D eigenvalue weighted by Crippen LogP contribution is -1.95. The first-order valence-corrected chi connectivity index (χ1v) is 4.97. The Kier molecular flexibility index (Phi) is 2.46. The first-order chi connectivity index (χ1) is 7.24. The zero-order valence-corrected chi connectivity index (χ0v) is 8.95. The van der Waals surface area contributed by atoms with Crippen molar-refractivity contribution in [2.45, 2.75) is 13.3 Å². The fourth-order valence-corrected chi connectivity index (χ4v) is 1.60. The first kappa shape index (κ1) is 9.77. The molecule has 15 heavy (non-hydrogen) atoms. The molecule has 0 saturated heterocycles. The average molecular weight is 202 g/mol. The molecule has 0 aliphatic heterocycles. The number of pyridine rings is 1. The van der Waals surface area contributed by atoms with Crippen molar-refractivity contribution in [3.05, 3.63) is 30.0 Å². The van der Waals surface area contributed by atoms with Crippen molar-refractivity contribution >= 4 is 16.6 Å². The molecule has 1 aromatic carbocycles. The van der Waals surface area contributed by atoms with Gasteiger partial charge in [-0.05, 0) is 30.7 Å². The summed E-state index contributed by atoms with van der Waals surface area (Å²) >= 11 is 0. The molecule has 0 fully saturated rings. The number of anilines is 1. The smallest absolute Gasteiger partial charge is 0.119 e. The van der Waals surface area contributed by atoms with Crippen molar-refractivity contribution < 1.29 is 4.74 Å². The highest BCUT2D eigenvalue weighted by molar-refractivity contribution is 5.91. The predicted octanol–water partition coefficient (Wildman–Crippen LogP) is 2.39. The molecule has 0 amide bonds. The van der Waals surface area contributed by atoms with E-state index in [4.69, 9.17) is 10.5 Å². The van der Waals surface area contributed by atoms with Gasteiger partial charge in [-0.25, -0.2) is 0 Å². The lowest BCUT2D eigenvalue weighted by atomic mass is 10.1. The molecular formula is C12H14N2O. The Labute approximate surface area is 88.9 Å². The minimum absolute atomic E-state index is 0.760. The summed E-state index contributed by atoms with van der Waals surface area (Å²) in [6, 6.07) is 7.66. The Morgan fingerprint density at radius 3 is 2.80 bits per heavy atom. The maximum absolute atomic E-state index is 5.96. The van der Waals surface area contributed by atoms with E-state index in [2.05, 4.69) is 11.9 Å². The summed E-state index contributed by atoms with van der Waals surface area (Å²) in [6.07, 6.45) is 0.895. The van der Waals surface area contributed by atoms with Gasteiger partial charge in [-0.1, -0.05) is 6.92 Å². The molecule has 0 unspecified atom stereocenters. The number of rotatable bonds is 2. The molecule has 0 spiro atoms. The van der Waals surface area contributed by atoms with Gasteiger partial charge in [-0.2, -0.15) is 0 Å². The van der Waals surface area contributed by atoms with Gasteiger partial charge in [0.05, 0.1) is 12.6 Å². The van der Waals surface area contributed by atoms with Crippen LogP contribution in [0.2, 0.25) is 0 Å². The van der Waals surface area contributed by atoms with Crippen molar-refractivity contribution in [1.82, 2.24) is 4.98 Å². The number of ether oxygens (including phenoxy) is 1. The number of fused-ring (bicyclic) bond motifs is 1. The lowest BCUT2D eigenvalue weighted by molar-refractivity contribution is 0.415. The number of benzene rings is 1. The van der Waals surface area contributed by atoms with Crippen LogP contribution in [0, 0.1) is 0 Å². The van der Waals surface area contributed by atoms with Crippen molar-refractivity contribution in [2.75, 3.05) is 12.8 Å². The second-order valence-corrected chi connectivity index (χ2v) is 3.44. The molecule has 3 nitrogen and oxygen atoms in total. The highest BCUT2D eigenvalue weighted by Crippen LogP contribution is 2.25. The topological polar surface area (TPSA) is 48.1 Å². The van der Waals surface area contributed by atoms with Crippen molar-refractivity contribution in [3.63, 3.8) is 0 Å². The SMILES string of the molecule is CCc1cc(N)c2cc(OC)ccc2n1. The number of methoxy groups -OCH3 is 1. The number of aryl methyl sites for hydroxylation is 1. The maximum atomic E-state index is 5.96. The number of nitrogens with two attached hydrogens (primary N) is 1. The van der Waals surface area contributed by atoms with Crippen molar-refractivity contribution in [2.24, 2.45) is 0 Å². The fraction of sp³-hybridized carbons (Fsp3) is 0.250. The molecule has 0 aliphatic rings. The molecule has 1 heterocycles. The average Bonchev–Trinajstić information content (AvgIpc) is 2.28. The van der Waals surface area contributed by atoms with Crippen molar-refractivity contribution in [3.8, 4) is 5.75 Å². The van der Waals surface area contributed by atoms with Gasteiger partial charge in [0.15, 0.2) is 0 Å². The monoisotopic (exact) mass is 202 g/mol. The van der Waals surface area contributed by atoms with E-state index in [0.29, 0.717) is 0 Å². The van der Waals surface area contributed by atoms with E-state index in [0.717, 1.165) is 34.5 Å². The van der Waals surface area contributed by atoms with Crippen LogP contribution in [0.15, 0.2) is 24.3 Å². The van der Waals surface area contributed by atoms with Crippen LogP contribution in [0.1, 0.15) is 12.6 Å². The van der Waals surface area contributed by atoms with E-state index in [9.17, 15) is 0 Å². The van der Waals surface area contributed by atoms with Crippen molar-refractivity contribution in [1.29, 1.82) is 0 Å². The normalized spacial score (nSPS) is 10.5. The van der Waals surface area contributed by atoms with Gasteiger partial charge in [0.2, 0.25) is 0 Å². The Balaban J connectivity index is 2.68. The third kappa shape index (κ3) is 1.73. The minimum atomic E-state index is 0.760. The van der Waals surface area contributed by atoms with Gasteiger partial charge >= 0.3 is 0 Å². The van der Waals surface area contributed by atoms with E-state index in [1.807, 2.05) is 24.3 Å². The summed E-state index contributed by atoms with van der Waals surface area (Å²) in [5.41, 5.74) is 8.66. The molecule has 2 N–H and O–H groups in total. The quantitative estimate of drug-likeness (QED) is 0.813. The minimum Gasteiger partial charge on any atom is -0.497 e. The van der Waals surface area contributed by atoms with Gasteiger partial charge in [0, 0.05) is 16.8 Å². The highest BCUT2D eigenvalue weighted by Gasteiger charge is 2.03. The van der Waals surface area contributed by atoms with Crippen LogP contribution < -0.4 is 10.5 Å². The Morgan fingerprint density at radius 2 is 2.13 bits per heavy atom. The number of hydrogen-bond donors (Lipinski definition) is 1. The Morgan fingerprint density at radius 1 is 1.33 bits per heavy atom. The Bertz CT molecular complexity index is 494. The second kappa shape index (κ2) is 3.77. The first-order valence-electron chi connectivity index (χ1n) is 4.97. The van der Waals surface area contributed by atoms with Crippen LogP contribution in [0.25, 0.3) is 10.9 Å². The summed E-state index contributed by atoms with van der Waals surface area (Å²) < 4.78 is 5.15. The molecule has 3 heteroatoms. The summed E-state index contributed by atoms with van der Waals surface area (Å²) in [4.78, 5) is 4.49. The highest BCUT2D eigenvalue weighted by atomic mass is 16.5. The van der Waals surface area contributed by atoms with E-state index < -0.39 is 0 Å². The Hall–Kier alpha value is -1.77. The third-order valence-electron chi connectivity index (χ3n) is 2.46. The molecular weight excluding hydrogens is 188 g/mol. The molecule has 0 radical (unpaired) electrons. The number of hydrogen-bond acceptors (Lipinski definition) is 3. The molecule has 0 atom stereocenters. The third-order valence-corrected chi connectivity index (χ3v) is 2.46. The van der Waals surface area contributed by atoms with Gasteiger partial charge in [-0.15, -0.1) is 0 Å². The standard InChI is InChI=1S/C12H14N2O/c1-3-8-6-11(13)10-7-9(15-2)4-5-12(10)14-8/h4-7H,3H2,1-2H3,(H2,13,14). The molecule has 2 aromatic rings. The van der Waals surface area contributed by atoms with Crippen LogP contribution in [-0.4, -0.2) is 12.1 Å². The lowest BCUT2D eigenvalue weighted by Gasteiger charge is -2.06. The maximum Gasteiger partial charge on any atom is 0.119 e. The van der Waals surface area contributed by atoms with Crippen LogP contribution in [0.5, 0.6) is 5.75 Å². The molecule has 0 aliphatic carbocycles. The van der Waals surface area contributed by atoms with Gasteiger partial charge < -0.3 is 10.5 Å². The van der Waals surface area contributed by atoms with Crippen LogP contribution >= 0.6 is 0 Å². The zero-order valence-electron chi connectivity index (χ0n) is 8.95. The van der Waals surface area contributed by atoms with Gasteiger partial charge in [-0.3, -0.25) is 4.98 Å². The van der Waals surface area contributed by atoms with Gasteiger partial charge in [0.1, 0.15) is 5.75 Å². The van der Waals surface area contributed by atoms with E-state index in [1.54, 1.807) is 7.11 Å². The van der Waals surface area contributed by atoms with E-state index >= 15 is 0 Å². The summed E-state index contributed by atoms with van der Waals surface area (Å²) in [5, 5.41) is 0.951. The van der Waals surface area contributed by atoms with E-state index in [-0.39, 0.29) is 0 Å². The molecule has 78 valence electrons. The molecule has 0 saturated carbocycles.